The molecule has 4 rings (SSSR count). The summed E-state index contributed by atoms with van der Waals surface area (Å²) < 4.78 is 13.5. The number of pyridine rings is 1. The summed E-state index contributed by atoms with van der Waals surface area (Å²) in [5, 5.41) is 3.79. The highest BCUT2D eigenvalue weighted by Crippen LogP contribution is 2.38. The molecule has 0 aliphatic heterocycles. The molecule has 0 unspecified atom stereocenters. The van der Waals surface area contributed by atoms with Crippen LogP contribution in [0.2, 0.25) is 0 Å². The second-order valence-corrected chi connectivity index (χ2v) is 12.5. The summed E-state index contributed by atoms with van der Waals surface area (Å²) in [6.45, 7) is 13.3. The van der Waals surface area contributed by atoms with E-state index in [1.807, 2.05) is 18.2 Å². The van der Waals surface area contributed by atoms with E-state index < -0.39 is 0 Å². The van der Waals surface area contributed by atoms with Gasteiger partial charge < -0.3 is 14.8 Å². The Bertz CT molecular complexity index is 1250. The Morgan fingerprint density at radius 1 is 1.08 bits per heavy atom. The predicted octanol–water partition coefficient (Wildman–Crippen LogP) is 7.82. The zero-order valence-electron chi connectivity index (χ0n) is 23.6. The van der Waals surface area contributed by atoms with Crippen molar-refractivity contribution in [3.8, 4) is 22.8 Å². The Morgan fingerprint density at radius 3 is 2.49 bits per heavy atom. The van der Waals surface area contributed by atoms with Gasteiger partial charge in [-0.25, -0.2) is 4.98 Å². The van der Waals surface area contributed by atoms with Crippen molar-refractivity contribution in [3.63, 3.8) is 0 Å². The number of hydrogen-bond acceptors (Lipinski definition) is 5. The topological polar surface area (TPSA) is 64.9 Å². The molecule has 1 N–H and O–H groups in total. The molecule has 0 spiro atoms. The summed E-state index contributed by atoms with van der Waals surface area (Å²) in [7, 11) is 1.60. The average Bonchev–Trinajstić information content (AvgIpc) is 3.44. The van der Waals surface area contributed by atoms with Crippen molar-refractivity contribution in [1.82, 2.24) is 9.38 Å². The van der Waals surface area contributed by atoms with Gasteiger partial charge >= 0.3 is 5.97 Å². The van der Waals surface area contributed by atoms with Crippen molar-refractivity contribution >= 4 is 17.4 Å². The van der Waals surface area contributed by atoms with E-state index in [4.69, 9.17) is 14.5 Å². The van der Waals surface area contributed by atoms with Gasteiger partial charge in [0.2, 0.25) is 0 Å². The molecule has 0 amide bonds. The van der Waals surface area contributed by atoms with Crippen LogP contribution in [0, 0.1) is 18.3 Å². The van der Waals surface area contributed by atoms with E-state index >= 15 is 0 Å². The van der Waals surface area contributed by atoms with Crippen LogP contribution in [0.3, 0.4) is 0 Å². The van der Waals surface area contributed by atoms with E-state index in [0.29, 0.717) is 23.8 Å². The van der Waals surface area contributed by atoms with E-state index in [1.54, 1.807) is 7.11 Å². The monoisotopic (exact) mass is 505 g/mol. The highest BCUT2D eigenvalue weighted by molar-refractivity contribution is 5.79. The van der Waals surface area contributed by atoms with Gasteiger partial charge in [-0.3, -0.25) is 9.20 Å². The first-order valence-corrected chi connectivity index (χ1v) is 13.6. The number of nitrogens with one attached hydrogen (secondary N) is 1. The number of ether oxygens (including phenoxy) is 2. The van der Waals surface area contributed by atoms with Gasteiger partial charge in [0.1, 0.15) is 17.2 Å². The Hall–Kier alpha value is -3.02. The summed E-state index contributed by atoms with van der Waals surface area (Å²) in [6, 6.07) is 9.87. The van der Waals surface area contributed by atoms with Gasteiger partial charge in [0.05, 0.1) is 7.11 Å². The highest BCUT2D eigenvalue weighted by atomic mass is 16.6. The highest BCUT2D eigenvalue weighted by Gasteiger charge is 2.28. The second kappa shape index (κ2) is 10.8. The van der Waals surface area contributed by atoms with Crippen molar-refractivity contribution in [3.05, 3.63) is 42.1 Å². The second-order valence-electron chi connectivity index (χ2n) is 12.5. The van der Waals surface area contributed by atoms with Gasteiger partial charge in [0, 0.05) is 23.7 Å². The number of fused-ring (bicyclic) bond motifs is 1. The maximum absolute atomic E-state index is 12.6. The normalized spacial score (nSPS) is 14.8. The Kier molecular flexibility index (Phi) is 7.86. The van der Waals surface area contributed by atoms with Crippen molar-refractivity contribution < 1.29 is 14.3 Å². The Balaban J connectivity index is 1.63. The van der Waals surface area contributed by atoms with Crippen LogP contribution in [0.15, 0.2) is 36.5 Å². The maximum atomic E-state index is 12.6. The van der Waals surface area contributed by atoms with Crippen molar-refractivity contribution in [1.29, 1.82) is 0 Å². The van der Waals surface area contributed by atoms with Gasteiger partial charge in [-0.2, -0.15) is 0 Å². The molecule has 0 bridgehead atoms. The molecule has 0 saturated heterocycles. The van der Waals surface area contributed by atoms with E-state index in [2.05, 4.69) is 69.6 Å². The zero-order valence-corrected chi connectivity index (χ0v) is 23.6. The van der Waals surface area contributed by atoms with Gasteiger partial charge in [-0.05, 0) is 80.8 Å². The fraction of sp³-hybridized carbons (Fsp3) is 0.548. The number of methoxy groups -OCH3 is 1. The smallest absolute Gasteiger partial charge is 0.311 e. The van der Waals surface area contributed by atoms with Gasteiger partial charge in [0.15, 0.2) is 11.5 Å². The molecule has 6 nitrogen and oxygen atoms in total. The Morgan fingerprint density at radius 2 is 1.81 bits per heavy atom. The summed E-state index contributed by atoms with van der Waals surface area (Å²) in [5.41, 5.74) is 3.78. The molecule has 2 heterocycles. The molecule has 3 aromatic rings. The molecule has 1 aliphatic rings. The number of benzene rings is 1. The first-order valence-electron chi connectivity index (χ1n) is 13.6. The molecule has 0 atom stereocenters. The molecule has 2 aromatic heterocycles. The minimum absolute atomic E-state index is 0.160. The molecular formula is C31H43N3O3. The number of carbonyl (C=O) groups is 1. The SMILES string of the molecule is COc1cc(-c2nc3cc(C)ccn3c2NC(C)(C)CC(C)(C)C)ccc1OC(=O)CCC1CCCC1. The number of hydrogen-bond donors (Lipinski definition) is 1. The number of esters is 1. The summed E-state index contributed by atoms with van der Waals surface area (Å²) in [4.78, 5) is 17.6. The first-order chi connectivity index (χ1) is 17.4. The number of rotatable bonds is 9. The predicted molar refractivity (Wildman–Crippen MR) is 151 cm³/mol. The third kappa shape index (κ3) is 6.85. The van der Waals surface area contributed by atoms with Crippen LogP contribution in [-0.4, -0.2) is 28.0 Å². The fourth-order valence-electron chi connectivity index (χ4n) is 5.85. The maximum Gasteiger partial charge on any atom is 0.311 e. The molecule has 1 fully saturated rings. The molecule has 1 saturated carbocycles. The van der Waals surface area contributed by atoms with Crippen LogP contribution in [0.1, 0.15) is 85.1 Å². The standard InChI is InChI=1S/C31H43N3O3/c1-21-16-17-34-26(18-21)32-28(29(34)33-31(5,6)20-30(2,3)4)23-13-14-24(25(19-23)36-7)37-27(35)15-12-22-10-8-9-11-22/h13-14,16-19,22,33H,8-12,15,20H2,1-7H3. The van der Waals surface area contributed by atoms with Gasteiger partial charge in [-0.1, -0.05) is 46.5 Å². The van der Waals surface area contributed by atoms with Crippen LogP contribution < -0.4 is 14.8 Å². The Labute approximate surface area is 221 Å². The number of carbonyl (C=O) groups excluding carboxylic acids is 1. The third-order valence-electron chi connectivity index (χ3n) is 7.10. The van der Waals surface area contributed by atoms with Crippen LogP contribution >= 0.6 is 0 Å². The van der Waals surface area contributed by atoms with Crippen LogP contribution in [0.4, 0.5) is 5.82 Å². The van der Waals surface area contributed by atoms with Crippen molar-refractivity contribution in [2.24, 2.45) is 11.3 Å². The fourth-order valence-corrected chi connectivity index (χ4v) is 5.85. The molecule has 6 heteroatoms. The van der Waals surface area contributed by atoms with E-state index in [1.165, 1.54) is 25.7 Å². The summed E-state index contributed by atoms with van der Waals surface area (Å²) in [5.74, 6) is 2.37. The number of aromatic nitrogens is 2. The molecule has 1 aliphatic carbocycles. The lowest BCUT2D eigenvalue weighted by Gasteiger charge is -2.34. The third-order valence-corrected chi connectivity index (χ3v) is 7.10. The van der Waals surface area contributed by atoms with Gasteiger partial charge in [0.25, 0.3) is 0 Å². The lowest BCUT2D eigenvalue weighted by atomic mass is 9.82. The summed E-state index contributed by atoms with van der Waals surface area (Å²) >= 11 is 0. The van der Waals surface area contributed by atoms with E-state index in [0.717, 1.165) is 41.1 Å². The first kappa shape index (κ1) is 27.0. The van der Waals surface area contributed by atoms with E-state index in [-0.39, 0.29) is 16.9 Å². The largest absolute Gasteiger partial charge is 0.493 e. The number of aryl methyl sites for hydroxylation is 1. The quantitative estimate of drug-likeness (QED) is 0.237. The summed E-state index contributed by atoms with van der Waals surface area (Å²) in [6.07, 6.45) is 9.41. The zero-order chi connectivity index (χ0) is 26.8. The molecular weight excluding hydrogens is 462 g/mol. The number of anilines is 1. The molecule has 37 heavy (non-hydrogen) atoms. The molecule has 0 radical (unpaired) electrons. The number of nitrogens with zero attached hydrogens (tertiary/aromatic N) is 2. The molecule has 200 valence electrons. The van der Waals surface area contributed by atoms with Crippen LogP contribution in [0.25, 0.3) is 16.9 Å². The molecule has 1 aromatic carbocycles. The van der Waals surface area contributed by atoms with E-state index in [9.17, 15) is 4.79 Å². The lowest BCUT2D eigenvalue weighted by Crippen LogP contribution is -2.36. The lowest BCUT2D eigenvalue weighted by molar-refractivity contribution is -0.134. The van der Waals surface area contributed by atoms with Crippen molar-refractivity contribution in [2.75, 3.05) is 12.4 Å². The minimum Gasteiger partial charge on any atom is -0.493 e. The minimum atomic E-state index is -0.201. The van der Waals surface area contributed by atoms with Crippen LogP contribution in [-0.2, 0) is 4.79 Å². The van der Waals surface area contributed by atoms with Gasteiger partial charge in [-0.15, -0.1) is 0 Å². The number of imidazole rings is 1. The van der Waals surface area contributed by atoms with Crippen molar-refractivity contribution in [2.45, 2.75) is 92.0 Å². The average molecular weight is 506 g/mol. The van der Waals surface area contributed by atoms with Crippen LogP contribution in [0.5, 0.6) is 11.5 Å².